The first-order valence-electron chi connectivity index (χ1n) is 10.9. The maximum absolute atomic E-state index is 11.6. The fourth-order valence-corrected chi connectivity index (χ4v) is 3.38. The summed E-state index contributed by atoms with van der Waals surface area (Å²) in [5, 5.41) is 2.50. The summed E-state index contributed by atoms with van der Waals surface area (Å²) < 4.78 is 16.8. The van der Waals surface area contributed by atoms with Crippen molar-refractivity contribution in [3.8, 4) is 28.4 Å². The molecule has 0 aliphatic heterocycles. The molecular formula is C27H27NO6. The molecule has 0 aliphatic carbocycles. The Morgan fingerprint density at radius 2 is 1.71 bits per heavy atom. The van der Waals surface area contributed by atoms with E-state index in [1.807, 2.05) is 54.6 Å². The number of aldehydes is 1. The molecule has 0 radical (unpaired) electrons. The zero-order valence-electron chi connectivity index (χ0n) is 19.2. The van der Waals surface area contributed by atoms with Crippen LogP contribution in [0.25, 0.3) is 11.1 Å². The first kappa shape index (κ1) is 24.5. The van der Waals surface area contributed by atoms with Crippen LogP contribution in [0.1, 0.15) is 19.8 Å². The lowest BCUT2D eigenvalue weighted by atomic mass is 10.0. The van der Waals surface area contributed by atoms with Crippen molar-refractivity contribution in [3.63, 3.8) is 0 Å². The molecule has 7 heteroatoms. The molecule has 0 bridgehead atoms. The first-order valence-corrected chi connectivity index (χ1v) is 10.9. The predicted octanol–water partition coefficient (Wildman–Crippen LogP) is 5.25. The highest BCUT2D eigenvalue weighted by atomic mass is 16.5. The van der Waals surface area contributed by atoms with Crippen LogP contribution in [0.5, 0.6) is 17.2 Å². The van der Waals surface area contributed by atoms with Gasteiger partial charge in [-0.25, -0.2) is 0 Å². The standard InChI is InChI=1S/C27H27NO6/c1-19(27(31)32-2)9-8-16-33-25-17-21(14-15-23(25)28-26(30)18-29)34-24-13-7-6-12-22(24)20-10-4-3-5-11-20/h3-7,10-15,17-19H,8-9,16H2,1-2H3,(H,28,30). The summed E-state index contributed by atoms with van der Waals surface area (Å²) in [6, 6.07) is 22.5. The van der Waals surface area contributed by atoms with E-state index in [4.69, 9.17) is 14.2 Å². The van der Waals surface area contributed by atoms with Gasteiger partial charge in [0.05, 0.1) is 25.3 Å². The van der Waals surface area contributed by atoms with Crippen molar-refractivity contribution in [3.05, 3.63) is 72.8 Å². The molecule has 7 nitrogen and oxygen atoms in total. The normalized spacial score (nSPS) is 11.2. The quantitative estimate of drug-likeness (QED) is 0.181. The van der Waals surface area contributed by atoms with E-state index in [0.29, 0.717) is 42.4 Å². The largest absolute Gasteiger partial charge is 0.491 e. The Labute approximate surface area is 198 Å². The van der Waals surface area contributed by atoms with Crippen molar-refractivity contribution >= 4 is 23.9 Å². The van der Waals surface area contributed by atoms with E-state index in [9.17, 15) is 14.4 Å². The third-order valence-corrected chi connectivity index (χ3v) is 5.16. The lowest BCUT2D eigenvalue weighted by Crippen LogP contribution is -2.15. The number of rotatable bonds is 11. The maximum atomic E-state index is 11.6. The average molecular weight is 462 g/mol. The van der Waals surface area contributed by atoms with Gasteiger partial charge in [0.2, 0.25) is 6.29 Å². The third kappa shape index (κ3) is 6.68. The monoisotopic (exact) mass is 461 g/mol. The second-order valence-corrected chi connectivity index (χ2v) is 7.64. The summed E-state index contributed by atoms with van der Waals surface area (Å²) in [4.78, 5) is 34.0. The predicted molar refractivity (Wildman–Crippen MR) is 129 cm³/mol. The van der Waals surface area contributed by atoms with Crippen LogP contribution in [0.2, 0.25) is 0 Å². The van der Waals surface area contributed by atoms with Crippen LogP contribution >= 0.6 is 0 Å². The zero-order valence-corrected chi connectivity index (χ0v) is 19.2. The molecule has 0 aromatic heterocycles. The summed E-state index contributed by atoms with van der Waals surface area (Å²) in [5.74, 6) is 0.225. The highest BCUT2D eigenvalue weighted by Gasteiger charge is 2.14. The Balaban J connectivity index is 1.78. The number of benzene rings is 3. The van der Waals surface area contributed by atoms with Crippen molar-refractivity contribution in [2.45, 2.75) is 19.8 Å². The number of carbonyl (C=O) groups is 3. The lowest BCUT2D eigenvalue weighted by molar-refractivity contribution is -0.145. The van der Waals surface area contributed by atoms with Crippen molar-refractivity contribution < 1.29 is 28.6 Å². The Hall–Kier alpha value is -4.13. The zero-order chi connectivity index (χ0) is 24.3. The van der Waals surface area contributed by atoms with Crippen LogP contribution in [0.3, 0.4) is 0 Å². The molecule has 0 aliphatic rings. The summed E-state index contributed by atoms with van der Waals surface area (Å²) in [6.45, 7) is 2.09. The minimum absolute atomic E-state index is 0.197. The van der Waals surface area contributed by atoms with Gasteiger partial charge in [-0.05, 0) is 36.6 Å². The van der Waals surface area contributed by atoms with E-state index in [2.05, 4.69) is 5.32 Å². The van der Waals surface area contributed by atoms with Gasteiger partial charge in [0, 0.05) is 11.6 Å². The van der Waals surface area contributed by atoms with Crippen molar-refractivity contribution in [1.29, 1.82) is 0 Å². The molecule has 0 heterocycles. The molecule has 0 saturated heterocycles. The molecule has 3 aromatic carbocycles. The van der Waals surface area contributed by atoms with Crippen molar-refractivity contribution in [1.82, 2.24) is 0 Å². The number of anilines is 1. The highest BCUT2D eigenvalue weighted by Crippen LogP contribution is 2.36. The molecule has 0 fully saturated rings. The molecule has 1 atom stereocenters. The molecular weight excluding hydrogens is 434 g/mol. The van der Waals surface area contributed by atoms with Gasteiger partial charge in [-0.2, -0.15) is 0 Å². The maximum Gasteiger partial charge on any atom is 0.308 e. The van der Waals surface area contributed by atoms with Crippen LogP contribution in [-0.4, -0.2) is 31.9 Å². The molecule has 1 amide bonds. The van der Waals surface area contributed by atoms with E-state index in [-0.39, 0.29) is 18.2 Å². The first-order chi connectivity index (χ1) is 16.5. The van der Waals surface area contributed by atoms with Crippen LogP contribution in [0, 0.1) is 5.92 Å². The van der Waals surface area contributed by atoms with Gasteiger partial charge < -0.3 is 19.5 Å². The van der Waals surface area contributed by atoms with Crippen molar-refractivity contribution in [2.75, 3.05) is 19.0 Å². The van der Waals surface area contributed by atoms with Crippen LogP contribution in [0.4, 0.5) is 5.69 Å². The van der Waals surface area contributed by atoms with Gasteiger partial charge in [0.15, 0.2) is 0 Å². The van der Waals surface area contributed by atoms with E-state index in [1.165, 1.54) is 7.11 Å². The Morgan fingerprint density at radius 3 is 2.44 bits per heavy atom. The average Bonchev–Trinajstić information content (AvgIpc) is 2.88. The van der Waals surface area contributed by atoms with Crippen molar-refractivity contribution in [2.24, 2.45) is 5.92 Å². The second kappa shape index (κ2) is 12.2. The third-order valence-electron chi connectivity index (χ3n) is 5.16. The Bertz CT molecular complexity index is 1130. The molecule has 176 valence electrons. The molecule has 1 N–H and O–H groups in total. The van der Waals surface area contributed by atoms with E-state index >= 15 is 0 Å². The summed E-state index contributed by atoms with van der Waals surface area (Å²) in [6.07, 6.45) is 1.38. The number of para-hydroxylation sites is 1. The van der Waals surface area contributed by atoms with E-state index in [0.717, 1.165) is 11.1 Å². The number of hydrogen-bond donors (Lipinski definition) is 1. The lowest BCUT2D eigenvalue weighted by Gasteiger charge is -2.16. The van der Waals surface area contributed by atoms with E-state index in [1.54, 1.807) is 25.1 Å². The van der Waals surface area contributed by atoms with Crippen LogP contribution in [-0.2, 0) is 19.1 Å². The number of amides is 1. The summed E-state index contributed by atoms with van der Waals surface area (Å²) in [7, 11) is 1.36. The van der Waals surface area contributed by atoms with Gasteiger partial charge in [0.1, 0.15) is 17.2 Å². The summed E-state index contributed by atoms with van der Waals surface area (Å²) >= 11 is 0. The number of nitrogens with one attached hydrogen (secondary N) is 1. The number of methoxy groups -OCH3 is 1. The van der Waals surface area contributed by atoms with Crippen LogP contribution < -0.4 is 14.8 Å². The number of ether oxygens (including phenoxy) is 3. The number of carbonyl (C=O) groups excluding carboxylic acids is 3. The van der Waals surface area contributed by atoms with Gasteiger partial charge >= 0.3 is 5.97 Å². The number of esters is 1. The molecule has 1 unspecified atom stereocenters. The fourth-order valence-electron chi connectivity index (χ4n) is 3.38. The highest BCUT2D eigenvalue weighted by molar-refractivity contribution is 6.29. The fraction of sp³-hybridized carbons (Fsp3) is 0.222. The number of hydrogen-bond acceptors (Lipinski definition) is 6. The second-order valence-electron chi connectivity index (χ2n) is 7.64. The Kier molecular flexibility index (Phi) is 8.80. The molecule has 0 saturated carbocycles. The molecule has 3 aromatic rings. The summed E-state index contributed by atoms with van der Waals surface area (Å²) in [5.41, 5.74) is 2.30. The van der Waals surface area contributed by atoms with Gasteiger partial charge in [-0.1, -0.05) is 55.5 Å². The SMILES string of the molecule is COC(=O)C(C)CCCOc1cc(Oc2ccccc2-c2ccccc2)ccc1NC(=O)C=O. The van der Waals surface area contributed by atoms with Gasteiger partial charge in [-0.3, -0.25) is 14.4 Å². The van der Waals surface area contributed by atoms with Gasteiger partial charge in [-0.15, -0.1) is 0 Å². The van der Waals surface area contributed by atoms with Gasteiger partial charge in [0.25, 0.3) is 5.91 Å². The van der Waals surface area contributed by atoms with E-state index < -0.39 is 5.91 Å². The topological polar surface area (TPSA) is 90.9 Å². The minimum atomic E-state index is -0.785. The smallest absolute Gasteiger partial charge is 0.308 e. The Morgan fingerprint density at radius 1 is 0.971 bits per heavy atom. The molecule has 0 spiro atoms. The minimum Gasteiger partial charge on any atom is -0.491 e. The van der Waals surface area contributed by atoms with Crippen LogP contribution in [0.15, 0.2) is 72.8 Å². The molecule has 34 heavy (non-hydrogen) atoms. The molecule has 3 rings (SSSR count).